The molecule has 0 saturated heterocycles. The van der Waals surface area contributed by atoms with Crippen LogP contribution in [0.15, 0.2) is 102 Å². The van der Waals surface area contributed by atoms with E-state index >= 15 is 8.78 Å². The van der Waals surface area contributed by atoms with E-state index in [-0.39, 0.29) is 55.5 Å². The Bertz CT molecular complexity index is 2520. The molecule has 5 aromatic carbocycles. The molecule has 1 heterocycles. The van der Waals surface area contributed by atoms with E-state index < -0.39 is 55.9 Å². The third kappa shape index (κ3) is 5.53. The first-order chi connectivity index (χ1) is 23.9. The minimum atomic E-state index is -4.74. The molecule has 0 aliphatic heterocycles. The topological polar surface area (TPSA) is 113 Å². The SMILES string of the molecule is COC(=O)c1ccc(-c2cccc(-c3c(-c4c(C#N)cccc4C#N)c4cc(F)ccc4n3S(=O)(=O)c3ccc(C(F)F)cc3)c2)c(F)c1F. The average molecular weight is 698 g/mol. The van der Waals surface area contributed by atoms with E-state index in [0.717, 1.165) is 59.6 Å². The van der Waals surface area contributed by atoms with E-state index in [1.54, 1.807) is 0 Å². The van der Waals surface area contributed by atoms with Gasteiger partial charge in [0.1, 0.15) is 5.82 Å². The maximum absolute atomic E-state index is 15.5. The van der Waals surface area contributed by atoms with Crippen molar-refractivity contribution in [3.05, 3.63) is 137 Å². The van der Waals surface area contributed by atoms with E-state index in [9.17, 15) is 36.9 Å². The van der Waals surface area contributed by atoms with Crippen LogP contribution in [0.3, 0.4) is 0 Å². The summed E-state index contributed by atoms with van der Waals surface area (Å²) < 4.78 is 107. The van der Waals surface area contributed by atoms with Gasteiger partial charge in [-0.3, -0.25) is 0 Å². The van der Waals surface area contributed by atoms with E-state index in [4.69, 9.17) is 0 Å². The number of halogens is 5. The first-order valence-electron chi connectivity index (χ1n) is 14.5. The Hall–Kier alpha value is -6.31. The molecule has 50 heavy (non-hydrogen) atoms. The zero-order chi connectivity index (χ0) is 35.9. The molecule has 248 valence electrons. The molecule has 13 heteroatoms. The van der Waals surface area contributed by atoms with Gasteiger partial charge in [0.25, 0.3) is 16.4 Å². The van der Waals surface area contributed by atoms with Crippen LogP contribution in [0.4, 0.5) is 22.0 Å². The molecule has 6 rings (SSSR count). The molecule has 1 aromatic heterocycles. The van der Waals surface area contributed by atoms with Gasteiger partial charge in [0.05, 0.1) is 52.0 Å². The average Bonchev–Trinajstić information content (AvgIpc) is 3.46. The summed E-state index contributed by atoms with van der Waals surface area (Å²) in [4.78, 5) is 11.5. The van der Waals surface area contributed by atoms with E-state index in [1.165, 1.54) is 48.5 Å². The fourth-order valence-corrected chi connectivity index (χ4v) is 7.32. The number of rotatable bonds is 7. The van der Waals surface area contributed by atoms with E-state index in [0.29, 0.717) is 0 Å². The lowest BCUT2D eigenvalue weighted by Gasteiger charge is -2.16. The summed E-state index contributed by atoms with van der Waals surface area (Å²) in [5.74, 6) is -4.78. The maximum Gasteiger partial charge on any atom is 0.340 e. The van der Waals surface area contributed by atoms with Crippen LogP contribution in [0, 0.1) is 40.1 Å². The molecule has 0 bridgehead atoms. The summed E-state index contributed by atoms with van der Waals surface area (Å²) in [6.45, 7) is 0. The molecule has 7 nitrogen and oxygen atoms in total. The van der Waals surface area contributed by atoms with Crippen LogP contribution in [0.1, 0.15) is 33.5 Å². The highest BCUT2D eigenvalue weighted by Gasteiger charge is 2.31. The minimum absolute atomic E-state index is 0.0250. The van der Waals surface area contributed by atoms with Crippen molar-refractivity contribution >= 4 is 26.9 Å². The molecular formula is C37H20F5N3O4S. The largest absolute Gasteiger partial charge is 0.465 e. The summed E-state index contributed by atoms with van der Waals surface area (Å²) >= 11 is 0. The first-order valence-corrected chi connectivity index (χ1v) is 15.9. The second-order valence-electron chi connectivity index (χ2n) is 10.8. The van der Waals surface area contributed by atoms with Crippen molar-refractivity contribution in [2.24, 2.45) is 0 Å². The molecule has 0 unspecified atom stereocenters. The Kier molecular flexibility index (Phi) is 8.70. The number of hydrogen-bond donors (Lipinski definition) is 0. The van der Waals surface area contributed by atoms with Crippen molar-refractivity contribution in [1.29, 1.82) is 10.5 Å². The Labute approximate surface area is 281 Å². The van der Waals surface area contributed by atoms with Gasteiger partial charge < -0.3 is 4.74 Å². The summed E-state index contributed by atoms with van der Waals surface area (Å²) in [5, 5.41) is 20.2. The highest BCUT2D eigenvalue weighted by atomic mass is 32.2. The van der Waals surface area contributed by atoms with Gasteiger partial charge in [-0.05, 0) is 60.2 Å². The lowest BCUT2D eigenvalue weighted by molar-refractivity contribution is 0.0594. The number of aromatic nitrogens is 1. The van der Waals surface area contributed by atoms with Gasteiger partial charge in [0.15, 0.2) is 11.6 Å². The zero-order valence-corrected chi connectivity index (χ0v) is 26.4. The Morgan fingerprint density at radius 3 is 2.04 bits per heavy atom. The summed E-state index contributed by atoms with van der Waals surface area (Å²) in [7, 11) is -3.74. The Morgan fingerprint density at radius 1 is 0.780 bits per heavy atom. The number of esters is 1. The number of carbonyl (C=O) groups excluding carboxylic acids is 1. The summed E-state index contributed by atoms with van der Waals surface area (Å²) in [6, 6.07) is 23.0. The number of hydrogen-bond acceptors (Lipinski definition) is 6. The highest BCUT2D eigenvalue weighted by molar-refractivity contribution is 7.90. The van der Waals surface area contributed by atoms with Crippen LogP contribution < -0.4 is 0 Å². The highest BCUT2D eigenvalue weighted by Crippen LogP contribution is 2.46. The Balaban J connectivity index is 1.75. The molecule has 0 aliphatic carbocycles. The monoisotopic (exact) mass is 697 g/mol. The van der Waals surface area contributed by atoms with Crippen LogP contribution in [-0.4, -0.2) is 25.5 Å². The minimum Gasteiger partial charge on any atom is -0.465 e. The van der Waals surface area contributed by atoms with Crippen LogP contribution in [0.25, 0.3) is 44.4 Å². The molecule has 0 N–H and O–H groups in total. The predicted molar refractivity (Wildman–Crippen MR) is 173 cm³/mol. The molecule has 0 radical (unpaired) electrons. The molecule has 0 spiro atoms. The summed E-state index contributed by atoms with van der Waals surface area (Å²) in [5.41, 5.74) is -1.85. The zero-order valence-electron chi connectivity index (χ0n) is 25.6. The van der Waals surface area contributed by atoms with Crippen LogP contribution >= 0.6 is 0 Å². The maximum atomic E-state index is 15.5. The number of nitrogens with zero attached hydrogens (tertiary/aromatic N) is 3. The van der Waals surface area contributed by atoms with Gasteiger partial charge in [0.2, 0.25) is 0 Å². The molecule has 0 saturated carbocycles. The number of carbonyl (C=O) groups is 1. The third-order valence-electron chi connectivity index (χ3n) is 8.05. The number of ether oxygens (including phenoxy) is 1. The third-order valence-corrected chi connectivity index (χ3v) is 9.77. The quantitative estimate of drug-likeness (QED) is 0.122. The van der Waals surface area contributed by atoms with Gasteiger partial charge in [0, 0.05) is 33.2 Å². The van der Waals surface area contributed by atoms with Gasteiger partial charge >= 0.3 is 5.97 Å². The predicted octanol–water partition coefficient (Wildman–Crippen LogP) is 8.76. The van der Waals surface area contributed by atoms with Crippen LogP contribution in [0.2, 0.25) is 0 Å². The van der Waals surface area contributed by atoms with Crippen molar-refractivity contribution in [2.45, 2.75) is 11.3 Å². The van der Waals surface area contributed by atoms with Gasteiger partial charge in [-0.25, -0.2) is 39.1 Å². The van der Waals surface area contributed by atoms with E-state index in [2.05, 4.69) is 4.74 Å². The molecule has 0 atom stereocenters. The van der Waals surface area contributed by atoms with Gasteiger partial charge in [-0.1, -0.05) is 42.5 Å². The molecular weight excluding hydrogens is 677 g/mol. The summed E-state index contributed by atoms with van der Waals surface area (Å²) in [6.07, 6.45) is -2.88. The second-order valence-corrected chi connectivity index (χ2v) is 12.6. The van der Waals surface area contributed by atoms with Gasteiger partial charge in [-0.2, -0.15) is 10.5 Å². The van der Waals surface area contributed by atoms with E-state index in [1.807, 2.05) is 12.1 Å². The van der Waals surface area contributed by atoms with Crippen molar-refractivity contribution in [3.63, 3.8) is 0 Å². The molecule has 6 aromatic rings. The Morgan fingerprint density at radius 2 is 1.42 bits per heavy atom. The van der Waals surface area contributed by atoms with Gasteiger partial charge in [-0.15, -0.1) is 0 Å². The lowest BCUT2D eigenvalue weighted by Crippen LogP contribution is -2.14. The first kappa shape index (κ1) is 33.6. The number of nitriles is 2. The standard InChI is InChI=1S/C37H20F5N3O4S/c1-49-37(46)28-14-13-27(33(39)34(28)40)21-4-2-5-22(16-21)35-32(31-23(18-43)6-3-7-24(31)19-44)29-17-25(38)10-15-30(29)45(35)50(47,48)26-11-8-20(9-12-26)36(41)42/h2-17,36H,1H3. The fraction of sp³-hybridized carbons (Fsp3) is 0.0541. The van der Waals surface area contributed by atoms with Crippen molar-refractivity contribution in [3.8, 4) is 45.6 Å². The number of methoxy groups -OCH3 is 1. The van der Waals surface area contributed by atoms with Crippen molar-refractivity contribution < 1.29 is 39.9 Å². The molecule has 0 amide bonds. The molecule has 0 aliphatic rings. The normalized spacial score (nSPS) is 11.4. The van der Waals surface area contributed by atoms with Crippen molar-refractivity contribution in [2.75, 3.05) is 7.11 Å². The second kappa shape index (κ2) is 13.0. The molecule has 0 fully saturated rings. The fourth-order valence-electron chi connectivity index (χ4n) is 5.77. The number of fused-ring (bicyclic) bond motifs is 1. The number of benzene rings is 5. The smallest absolute Gasteiger partial charge is 0.340 e. The van der Waals surface area contributed by atoms with Crippen LogP contribution in [0.5, 0.6) is 0 Å². The number of alkyl halides is 2. The van der Waals surface area contributed by atoms with Crippen molar-refractivity contribution in [1.82, 2.24) is 3.97 Å². The lowest BCUT2D eigenvalue weighted by atomic mass is 9.90. The van der Waals surface area contributed by atoms with Crippen LogP contribution in [-0.2, 0) is 14.8 Å².